The van der Waals surface area contributed by atoms with E-state index in [9.17, 15) is 4.39 Å². The van der Waals surface area contributed by atoms with Crippen molar-refractivity contribution < 1.29 is 4.39 Å². The lowest BCUT2D eigenvalue weighted by Gasteiger charge is -2.10. The zero-order valence-corrected chi connectivity index (χ0v) is 7.00. The van der Waals surface area contributed by atoms with Crippen molar-refractivity contribution in [3.05, 3.63) is 35.6 Å². The Kier molecular flexibility index (Phi) is 1.88. The second-order valence-corrected chi connectivity index (χ2v) is 2.97. The Balaban J connectivity index is 2.14. The van der Waals surface area contributed by atoms with E-state index in [0.717, 1.165) is 5.56 Å². The monoisotopic (exact) mass is 179 g/mol. The Hall–Kier alpha value is -1.58. The first-order valence-electron chi connectivity index (χ1n) is 4.07. The molecule has 0 fully saturated rings. The first-order chi connectivity index (χ1) is 6.25. The fourth-order valence-electron chi connectivity index (χ4n) is 1.34. The van der Waals surface area contributed by atoms with Gasteiger partial charge in [-0.25, -0.2) is 4.39 Å². The Morgan fingerprint density at radius 2 is 2.08 bits per heavy atom. The fraction of sp³-hybridized carbons (Fsp3) is 0.222. The third kappa shape index (κ3) is 1.61. The molecule has 0 spiro atoms. The van der Waals surface area contributed by atoms with E-state index in [0.29, 0.717) is 12.5 Å². The first-order valence-corrected chi connectivity index (χ1v) is 4.07. The molecule has 0 amide bonds. The van der Waals surface area contributed by atoms with E-state index in [1.54, 1.807) is 12.1 Å². The molecule has 1 atom stereocenters. The van der Waals surface area contributed by atoms with E-state index >= 15 is 0 Å². The predicted octanol–water partition coefficient (Wildman–Crippen LogP) is 0.785. The average molecular weight is 179 g/mol. The minimum Gasteiger partial charge on any atom is -0.370 e. The van der Waals surface area contributed by atoms with Crippen molar-refractivity contribution in [1.82, 2.24) is 5.32 Å². The van der Waals surface area contributed by atoms with Crippen molar-refractivity contribution in [1.29, 1.82) is 0 Å². The zero-order valence-electron chi connectivity index (χ0n) is 7.00. The number of nitrogens with one attached hydrogen (secondary N) is 1. The molecular weight excluding hydrogens is 169 g/mol. The van der Waals surface area contributed by atoms with E-state index < -0.39 is 0 Å². The van der Waals surface area contributed by atoms with Crippen molar-refractivity contribution in [2.75, 3.05) is 6.54 Å². The van der Waals surface area contributed by atoms with Crippen molar-refractivity contribution in [3.63, 3.8) is 0 Å². The highest BCUT2D eigenvalue weighted by atomic mass is 19.1. The maximum absolute atomic E-state index is 12.6. The SMILES string of the molecule is NC1=NCC(c2ccc(F)cc2)N1. The largest absolute Gasteiger partial charge is 0.370 e. The molecule has 1 aliphatic rings. The van der Waals surface area contributed by atoms with E-state index in [4.69, 9.17) is 5.73 Å². The molecule has 68 valence electrons. The highest BCUT2D eigenvalue weighted by molar-refractivity contribution is 5.80. The summed E-state index contributed by atoms with van der Waals surface area (Å²) in [5.41, 5.74) is 6.46. The van der Waals surface area contributed by atoms with E-state index in [-0.39, 0.29) is 11.9 Å². The molecule has 1 unspecified atom stereocenters. The van der Waals surface area contributed by atoms with Crippen LogP contribution in [0.25, 0.3) is 0 Å². The molecule has 1 aromatic rings. The first kappa shape index (κ1) is 8.04. The molecule has 3 N–H and O–H groups in total. The van der Waals surface area contributed by atoms with Crippen LogP contribution in [0, 0.1) is 5.82 Å². The van der Waals surface area contributed by atoms with Crippen molar-refractivity contribution >= 4 is 5.96 Å². The van der Waals surface area contributed by atoms with Crippen LogP contribution in [0.4, 0.5) is 4.39 Å². The van der Waals surface area contributed by atoms with Gasteiger partial charge in [-0.15, -0.1) is 0 Å². The minimum atomic E-state index is -0.226. The molecule has 1 aromatic carbocycles. The summed E-state index contributed by atoms with van der Waals surface area (Å²) in [5.74, 6) is 0.227. The molecule has 0 aromatic heterocycles. The van der Waals surface area contributed by atoms with Crippen molar-refractivity contribution in [2.45, 2.75) is 6.04 Å². The second kappa shape index (κ2) is 3.05. The summed E-state index contributed by atoms with van der Waals surface area (Å²) < 4.78 is 12.6. The van der Waals surface area contributed by atoms with Gasteiger partial charge in [-0.3, -0.25) is 4.99 Å². The molecule has 1 aliphatic heterocycles. The molecule has 0 aliphatic carbocycles. The minimum absolute atomic E-state index is 0.0978. The van der Waals surface area contributed by atoms with Gasteiger partial charge >= 0.3 is 0 Å². The van der Waals surface area contributed by atoms with Crippen molar-refractivity contribution in [2.24, 2.45) is 10.7 Å². The van der Waals surface area contributed by atoms with Gasteiger partial charge in [0.25, 0.3) is 0 Å². The lowest BCUT2D eigenvalue weighted by molar-refractivity contribution is 0.624. The van der Waals surface area contributed by atoms with Crippen LogP contribution in [0.3, 0.4) is 0 Å². The van der Waals surface area contributed by atoms with Gasteiger partial charge in [0.15, 0.2) is 5.96 Å². The Morgan fingerprint density at radius 1 is 1.38 bits per heavy atom. The smallest absolute Gasteiger partial charge is 0.189 e. The maximum atomic E-state index is 12.6. The molecule has 13 heavy (non-hydrogen) atoms. The van der Waals surface area contributed by atoms with Gasteiger partial charge < -0.3 is 11.1 Å². The number of nitrogens with zero attached hydrogens (tertiary/aromatic N) is 1. The molecule has 4 heteroatoms. The van der Waals surface area contributed by atoms with Crippen LogP contribution in [-0.2, 0) is 0 Å². The molecule has 3 nitrogen and oxygen atoms in total. The van der Waals surface area contributed by atoms with Gasteiger partial charge in [-0.1, -0.05) is 12.1 Å². The summed E-state index contributed by atoms with van der Waals surface area (Å²) in [4.78, 5) is 4.01. The summed E-state index contributed by atoms with van der Waals surface area (Å²) in [6.45, 7) is 0.622. The number of nitrogens with two attached hydrogens (primary N) is 1. The third-order valence-electron chi connectivity index (χ3n) is 2.04. The number of hydrogen-bond acceptors (Lipinski definition) is 3. The van der Waals surface area contributed by atoms with Gasteiger partial charge in [-0.2, -0.15) is 0 Å². The topological polar surface area (TPSA) is 50.4 Å². The molecule has 1 heterocycles. The van der Waals surface area contributed by atoms with E-state index in [1.807, 2.05) is 0 Å². The maximum Gasteiger partial charge on any atom is 0.189 e. The quantitative estimate of drug-likeness (QED) is 0.669. The van der Waals surface area contributed by atoms with Crippen molar-refractivity contribution in [3.8, 4) is 0 Å². The molecule has 0 saturated carbocycles. The summed E-state index contributed by atoms with van der Waals surface area (Å²) in [7, 11) is 0. The summed E-state index contributed by atoms with van der Waals surface area (Å²) >= 11 is 0. The number of rotatable bonds is 1. The van der Waals surface area contributed by atoms with Gasteiger partial charge in [0, 0.05) is 0 Å². The highest BCUT2D eigenvalue weighted by Gasteiger charge is 2.16. The number of hydrogen-bond donors (Lipinski definition) is 2. The van der Waals surface area contributed by atoms with Gasteiger partial charge in [0.1, 0.15) is 5.82 Å². The Bertz CT molecular complexity index is 331. The van der Waals surface area contributed by atoms with Crippen LogP contribution in [0.15, 0.2) is 29.3 Å². The molecule has 0 saturated heterocycles. The predicted molar refractivity (Wildman–Crippen MR) is 48.8 cm³/mol. The number of guanidine groups is 1. The van der Waals surface area contributed by atoms with Crippen LogP contribution >= 0.6 is 0 Å². The highest BCUT2D eigenvalue weighted by Crippen LogP contribution is 2.16. The lowest BCUT2D eigenvalue weighted by atomic mass is 10.1. The Labute approximate surface area is 75.5 Å². The van der Waals surface area contributed by atoms with E-state index in [1.165, 1.54) is 12.1 Å². The zero-order chi connectivity index (χ0) is 9.26. The van der Waals surface area contributed by atoms with Crippen LogP contribution in [0.1, 0.15) is 11.6 Å². The van der Waals surface area contributed by atoms with Crippen LogP contribution < -0.4 is 11.1 Å². The molecule has 0 bridgehead atoms. The second-order valence-electron chi connectivity index (χ2n) is 2.97. The van der Waals surface area contributed by atoms with E-state index in [2.05, 4.69) is 10.3 Å². The average Bonchev–Trinajstić information content (AvgIpc) is 2.53. The van der Waals surface area contributed by atoms with Crippen LogP contribution in [0.2, 0.25) is 0 Å². The van der Waals surface area contributed by atoms with Crippen LogP contribution in [0.5, 0.6) is 0 Å². The molecule has 2 rings (SSSR count). The number of aliphatic imine (C=N–C) groups is 1. The molecule has 0 radical (unpaired) electrons. The lowest BCUT2D eigenvalue weighted by Crippen LogP contribution is -2.29. The van der Waals surface area contributed by atoms with Gasteiger partial charge in [-0.05, 0) is 17.7 Å². The Morgan fingerprint density at radius 3 is 2.62 bits per heavy atom. The van der Waals surface area contributed by atoms with Crippen LogP contribution in [-0.4, -0.2) is 12.5 Å². The fourth-order valence-corrected chi connectivity index (χ4v) is 1.34. The number of halogens is 1. The third-order valence-corrected chi connectivity index (χ3v) is 2.04. The normalized spacial score (nSPS) is 21.0. The summed E-state index contributed by atoms with van der Waals surface area (Å²) in [5, 5.41) is 2.99. The molecular formula is C9H10FN3. The van der Waals surface area contributed by atoms with Gasteiger partial charge in [0.05, 0.1) is 12.6 Å². The number of benzene rings is 1. The van der Waals surface area contributed by atoms with Gasteiger partial charge in [0.2, 0.25) is 0 Å². The standard InChI is InChI=1S/C9H10FN3/c10-7-3-1-6(2-4-7)8-5-12-9(11)13-8/h1-4,8H,5H2,(H3,11,12,13). The summed E-state index contributed by atoms with van der Waals surface area (Å²) in [6.07, 6.45) is 0. The summed E-state index contributed by atoms with van der Waals surface area (Å²) in [6, 6.07) is 6.44.